The van der Waals surface area contributed by atoms with E-state index in [0.29, 0.717) is 5.91 Å². The van der Waals surface area contributed by atoms with Gasteiger partial charge < -0.3 is 14.5 Å². The van der Waals surface area contributed by atoms with Crippen LogP contribution in [0.3, 0.4) is 0 Å². The Morgan fingerprint density at radius 1 is 1.12 bits per heavy atom. The van der Waals surface area contributed by atoms with Gasteiger partial charge in [-0.3, -0.25) is 9.69 Å². The molecular formula is C18H27N5O2. The third-order valence-corrected chi connectivity index (χ3v) is 5.77. The monoisotopic (exact) mass is 345 g/mol. The number of hydrogen-bond acceptors (Lipinski definition) is 6. The molecule has 3 saturated heterocycles. The maximum Gasteiger partial charge on any atom is 0.229 e. The van der Waals surface area contributed by atoms with Crippen molar-refractivity contribution in [2.75, 3.05) is 57.9 Å². The van der Waals surface area contributed by atoms with Gasteiger partial charge in [-0.15, -0.1) is 0 Å². The lowest BCUT2D eigenvalue weighted by atomic mass is 9.78. The average molecular weight is 345 g/mol. The Morgan fingerprint density at radius 2 is 1.88 bits per heavy atom. The highest BCUT2D eigenvalue weighted by molar-refractivity contribution is 5.83. The van der Waals surface area contributed by atoms with Crippen LogP contribution in [-0.2, 0) is 16.1 Å². The summed E-state index contributed by atoms with van der Waals surface area (Å²) in [5, 5.41) is 0. The lowest BCUT2D eigenvalue weighted by Crippen LogP contribution is -2.48. The number of amides is 1. The highest BCUT2D eigenvalue weighted by Gasteiger charge is 2.47. The smallest absolute Gasteiger partial charge is 0.229 e. The molecule has 0 saturated carbocycles. The molecule has 0 radical (unpaired) electrons. The van der Waals surface area contributed by atoms with Crippen LogP contribution in [-0.4, -0.2) is 78.7 Å². The molecule has 1 aromatic heterocycles. The van der Waals surface area contributed by atoms with Crippen molar-refractivity contribution in [3.63, 3.8) is 0 Å². The first-order chi connectivity index (χ1) is 12.2. The van der Waals surface area contributed by atoms with E-state index in [1.807, 2.05) is 24.3 Å². The minimum absolute atomic E-state index is 0.151. The summed E-state index contributed by atoms with van der Waals surface area (Å²) in [6.45, 7) is 6.74. The van der Waals surface area contributed by atoms with Crippen LogP contribution in [0.15, 0.2) is 12.4 Å². The Kier molecular flexibility index (Phi) is 4.60. The second-order valence-corrected chi connectivity index (χ2v) is 7.56. The molecule has 3 aliphatic rings. The van der Waals surface area contributed by atoms with Crippen LogP contribution in [0.2, 0.25) is 0 Å². The summed E-state index contributed by atoms with van der Waals surface area (Å²) < 4.78 is 5.37. The van der Waals surface area contributed by atoms with Gasteiger partial charge in [0, 0.05) is 57.7 Å². The standard InChI is InChI=1S/C18H27N5O2/c1-21-5-2-3-18(16(21)24)4-6-22(14-18)13-15-11-19-17(20-12-15)23-7-9-25-10-8-23/h11-12H,2-10,13-14H2,1H3. The van der Waals surface area contributed by atoms with Gasteiger partial charge in [0.1, 0.15) is 0 Å². The minimum atomic E-state index is -0.151. The fraction of sp³-hybridized carbons (Fsp3) is 0.722. The Hall–Kier alpha value is -1.73. The number of aromatic nitrogens is 2. The van der Waals surface area contributed by atoms with E-state index >= 15 is 0 Å². The second kappa shape index (κ2) is 6.88. The van der Waals surface area contributed by atoms with E-state index in [4.69, 9.17) is 4.74 Å². The molecule has 4 heterocycles. The second-order valence-electron chi connectivity index (χ2n) is 7.56. The van der Waals surface area contributed by atoms with E-state index in [0.717, 1.165) is 83.3 Å². The third kappa shape index (κ3) is 3.35. The van der Waals surface area contributed by atoms with Crippen LogP contribution in [0.25, 0.3) is 0 Å². The molecule has 4 rings (SSSR count). The topological polar surface area (TPSA) is 61.8 Å². The molecule has 7 heteroatoms. The summed E-state index contributed by atoms with van der Waals surface area (Å²) in [7, 11) is 1.93. The van der Waals surface area contributed by atoms with E-state index in [-0.39, 0.29) is 5.41 Å². The quantitative estimate of drug-likeness (QED) is 0.806. The Balaban J connectivity index is 1.37. The van der Waals surface area contributed by atoms with Gasteiger partial charge in [-0.05, 0) is 25.8 Å². The van der Waals surface area contributed by atoms with Crippen LogP contribution in [0.4, 0.5) is 5.95 Å². The highest BCUT2D eigenvalue weighted by atomic mass is 16.5. The molecule has 1 amide bonds. The van der Waals surface area contributed by atoms with Crippen LogP contribution in [0.5, 0.6) is 0 Å². The lowest BCUT2D eigenvalue weighted by molar-refractivity contribution is -0.143. The van der Waals surface area contributed by atoms with Gasteiger partial charge in [0.15, 0.2) is 0 Å². The molecule has 1 unspecified atom stereocenters. The summed E-state index contributed by atoms with van der Waals surface area (Å²) in [6, 6.07) is 0. The molecule has 25 heavy (non-hydrogen) atoms. The van der Waals surface area contributed by atoms with Crippen molar-refractivity contribution in [3.05, 3.63) is 18.0 Å². The molecule has 1 spiro atoms. The molecule has 3 aliphatic heterocycles. The van der Waals surface area contributed by atoms with Crippen molar-refractivity contribution in [1.29, 1.82) is 0 Å². The highest BCUT2D eigenvalue weighted by Crippen LogP contribution is 2.40. The Morgan fingerprint density at radius 3 is 2.64 bits per heavy atom. The number of likely N-dealkylation sites (tertiary alicyclic amines) is 2. The number of morpholine rings is 1. The van der Waals surface area contributed by atoms with Gasteiger partial charge in [-0.25, -0.2) is 9.97 Å². The van der Waals surface area contributed by atoms with Gasteiger partial charge in [-0.2, -0.15) is 0 Å². The van der Waals surface area contributed by atoms with Crippen molar-refractivity contribution >= 4 is 11.9 Å². The van der Waals surface area contributed by atoms with Gasteiger partial charge in [0.2, 0.25) is 11.9 Å². The maximum atomic E-state index is 12.6. The number of hydrogen-bond donors (Lipinski definition) is 0. The number of carbonyl (C=O) groups is 1. The van der Waals surface area contributed by atoms with Crippen molar-refractivity contribution in [1.82, 2.24) is 19.8 Å². The van der Waals surface area contributed by atoms with Gasteiger partial charge >= 0.3 is 0 Å². The molecule has 1 aromatic rings. The zero-order chi connectivity index (χ0) is 17.3. The maximum absolute atomic E-state index is 12.6. The van der Waals surface area contributed by atoms with E-state index in [1.165, 1.54) is 0 Å². The van der Waals surface area contributed by atoms with Gasteiger partial charge in [-0.1, -0.05) is 0 Å². The molecule has 136 valence electrons. The number of rotatable bonds is 3. The fourth-order valence-electron chi connectivity index (χ4n) is 4.35. The number of ether oxygens (including phenoxy) is 1. The molecule has 7 nitrogen and oxygen atoms in total. The summed E-state index contributed by atoms with van der Waals surface area (Å²) in [5.74, 6) is 1.12. The van der Waals surface area contributed by atoms with Crippen molar-refractivity contribution in [2.45, 2.75) is 25.8 Å². The van der Waals surface area contributed by atoms with E-state index in [1.54, 1.807) is 0 Å². The predicted molar refractivity (Wildman–Crippen MR) is 94.3 cm³/mol. The van der Waals surface area contributed by atoms with Crippen LogP contribution >= 0.6 is 0 Å². The normalized spacial score (nSPS) is 28.1. The van der Waals surface area contributed by atoms with Crippen LogP contribution in [0, 0.1) is 5.41 Å². The zero-order valence-electron chi connectivity index (χ0n) is 15.0. The Bertz CT molecular complexity index is 616. The first-order valence-corrected chi connectivity index (χ1v) is 9.28. The number of piperidine rings is 1. The minimum Gasteiger partial charge on any atom is -0.378 e. The first kappa shape index (κ1) is 16.7. The van der Waals surface area contributed by atoms with E-state index in [2.05, 4.69) is 19.8 Å². The van der Waals surface area contributed by atoms with Crippen LogP contribution < -0.4 is 4.90 Å². The Labute approximate surface area is 149 Å². The summed E-state index contributed by atoms with van der Waals surface area (Å²) in [4.78, 5) is 28.1. The number of nitrogens with zero attached hydrogens (tertiary/aromatic N) is 5. The van der Waals surface area contributed by atoms with Gasteiger partial charge in [0.05, 0.1) is 18.6 Å². The molecule has 0 bridgehead atoms. The van der Waals surface area contributed by atoms with Crippen molar-refractivity contribution in [2.24, 2.45) is 5.41 Å². The first-order valence-electron chi connectivity index (χ1n) is 9.28. The number of carbonyl (C=O) groups excluding carboxylic acids is 1. The summed E-state index contributed by atoms with van der Waals surface area (Å²) in [6.07, 6.45) is 6.98. The molecule has 0 aliphatic carbocycles. The summed E-state index contributed by atoms with van der Waals surface area (Å²) >= 11 is 0. The molecular weight excluding hydrogens is 318 g/mol. The molecule has 0 aromatic carbocycles. The summed E-state index contributed by atoms with van der Waals surface area (Å²) in [5.41, 5.74) is 0.965. The third-order valence-electron chi connectivity index (χ3n) is 5.77. The zero-order valence-corrected chi connectivity index (χ0v) is 15.0. The van der Waals surface area contributed by atoms with E-state index < -0.39 is 0 Å². The van der Waals surface area contributed by atoms with Crippen LogP contribution in [0.1, 0.15) is 24.8 Å². The van der Waals surface area contributed by atoms with Crippen molar-refractivity contribution in [3.8, 4) is 0 Å². The van der Waals surface area contributed by atoms with Crippen molar-refractivity contribution < 1.29 is 9.53 Å². The molecule has 3 fully saturated rings. The largest absolute Gasteiger partial charge is 0.378 e. The number of anilines is 1. The average Bonchev–Trinajstić information content (AvgIpc) is 3.05. The SMILES string of the molecule is CN1CCCC2(CCN(Cc3cnc(N4CCOCC4)nc3)C2)C1=O. The molecule has 1 atom stereocenters. The fourth-order valence-corrected chi connectivity index (χ4v) is 4.35. The van der Waals surface area contributed by atoms with Gasteiger partial charge in [0.25, 0.3) is 0 Å². The van der Waals surface area contributed by atoms with E-state index in [9.17, 15) is 4.79 Å². The molecule has 0 N–H and O–H groups in total. The lowest BCUT2D eigenvalue weighted by Gasteiger charge is -2.37. The predicted octanol–water partition coefficient (Wildman–Crippen LogP) is 0.758.